The molecule has 17 heavy (non-hydrogen) atoms. The highest BCUT2D eigenvalue weighted by Crippen LogP contribution is 2.01. The van der Waals surface area contributed by atoms with Crippen molar-refractivity contribution >= 4 is 23.5 Å². The van der Waals surface area contributed by atoms with E-state index in [1.807, 2.05) is 25.1 Å². The predicted molar refractivity (Wildman–Crippen MR) is 64.7 cm³/mol. The van der Waals surface area contributed by atoms with Gasteiger partial charge in [0.1, 0.15) is 5.88 Å². The van der Waals surface area contributed by atoms with E-state index in [4.69, 9.17) is 11.6 Å². The fourth-order valence-electron chi connectivity index (χ4n) is 1.25. The molecule has 6 heteroatoms. The first-order chi connectivity index (χ1) is 8.02. The fraction of sp³-hybridized carbons (Fsp3) is 0.364. The molecule has 0 aromatic carbocycles. The molecule has 0 radical (unpaired) electrons. The van der Waals surface area contributed by atoms with Gasteiger partial charge in [0.05, 0.1) is 12.2 Å². The molecule has 1 aromatic rings. The largest absolute Gasteiger partial charge is 0.324 e. The van der Waals surface area contributed by atoms with Gasteiger partial charge in [0, 0.05) is 12.7 Å². The Morgan fingerprint density at radius 1 is 1.47 bits per heavy atom. The molecular weight excluding hydrogens is 242 g/mol. The molecule has 1 rings (SSSR count). The van der Waals surface area contributed by atoms with Crippen LogP contribution in [-0.2, 0) is 11.3 Å². The Labute approximate surface area is 105 Å². The SMILES string of the molecule is Cc1cccc(CN(C)C(=O)NC(=O)CCl)n1. The number of urea groups is 1. The van der Waals surface area contributed by atoms with Crippen LogP contribution >= 0.6 is 11.6 Å². The number of hydrogen-bond donors (Lipinski definition) is 1. The third kappa shape index (κ3) is 4.40. The first-order valence-corrected chi connectivity index (χ1v) is 5.60. The van der Waals surface area contributed by atoms with E-state index in [1.54, 1.807) is 7.05 Å². The van der Waals surface area contributed by atoms with Crippen LogP contribution in [0.5, 0.6) is 0 Å². The van der Waals surface area contributed by atoms with E-state index >= 15 is 0 Å². The number of aromatic nitrogens is 1. The molecule has 0 aliphatic carbocycles. The van der Waals surface area contributed by atoms with E-state index in [2.05, 4.69) is 10.3 Å². The van der Waals surface area contributed by atoms with Gasteiger partial charge in [0.25, 0.3) is 0 Å². The minimum absolute atomic E-state index is 0.234. The number of nitrogens with zero attached hydrogens (tertiary/aromatic N) is 2. The number of imide groups is 1. The van der Waals surface area contributed by atoms with E-state index < -0.39 is 11.9 Å². The van der Waals surface area contributed by atoms with E-state index in [0.717, 1.165) is 11.4 Å². The van der Waals surface area contributed by atoms with Gasteiger partial charge >= 0.3 is 6.03 Å². The summed E-state index contributed by atoms with van der Waals surface area (Å²) in [5.41, 5.74) is 1.65. The highest BCUT2D eigenvalue weighted by atomic mass is 35.5. The van der Waals surface area contributed by atoms with Gasteiger partial charge in [-0.25, -0.2) is 4.79 Å². The Kier molecular flexibility index (Phi) is 4.90. The van der Waals surface area contributed by atoms with Crippen molar-refractivity contribution in [3.8, 4) is 0 Å². The molecule has 0 saturated heterocycles. The molecule has 0 bridgehead atoms. The number of halogens is 1. The van der Waals surface area contributed by atoms with Crippen LogP contribution in [0.2, 0.25) is 0 Å². The summed E-state index contributed by atoms with van der Waals surface area (Å²) < 4.78 is 0. The van der Waals surface area contributed by atoms with Crippen LogP contribution in [0, 0.1) is 6.92 Å². The lowest BCUT2D eigenvalue weighted by atomic mass is 10.3. The molecule has 5 nitrogen and oxygen atoms in total. The second-order valence-corrected chi connectivity index (χ2v) is 3.88. The van der Waals surface area contributed by atoms with Crippen LogP contribution in [0.25, 0.3) is 0 Å². The van der Waals surface area contributed by atoms with Crippen LogP contribution in [-0.4, -0.2) is 34.7 Å². The average molecular weight is 256 g/mol. The zero-order valence-electron chi connectivity index (χ0n) is 9.74. The van der Waals surface area contributed by atoms with E-state index in [0.29, 0.717) is 6.54 Å². The van der Waals surface area contributed by atoms with Crippen molar-refractivity contribution in [3.05, 3.63) is 29.6 Å². The number of carbonyl (C=O) groups excluding carboxylic acids is 2. The van der Waals surface area contributed by atoms with E-state index in [1.165, 1.54) is 4.90 Å². The number of amides is 3. The number of carbonyl (C=O) groups is 2. The minimum atomic E-state index is -0.513. The van der Waals surface area contributed by atoms with Crippen molar-refractivity contribution in [1.82, 2.24) is 15.2 Å². The zero-order valence-corrected chi connectivity index (χ0v) is 10.5. The molecule has 0 aliphatic heterocycles. The number of alkyl halides is 1. The topological polar surface area (TPSA) is 62.3 Å². The average Bonchev–Trinajstić information content (AvgIpc) is 2.28. The molecule has 0 aliphatic rings. The quantitative estimate of drug-likeness (QED) is 0.828. The van der Waals surface area contributed by atoms with Crippen LogP contribution in [0.1, 0.15) is 11.4 Å². The first-order valence-electron chi connectivity index (χ1n) is 5.06. The van der Waals surface area contributed by atoms with Crippen molar-refractivity contribution in [3.63, 3.8) is 0 Å². The summed E-state index contributed by atoms with van der Waals surface area (Å²) in [5, 5.41) is 2.15. The minimum Gasteiger partial charge on any atom is -0.322 e. The number of pyridine rings is 1. The smallest absolute Gasteiger partial charge is 0.322 e. The molecule has 0 unspecified atom stereocenters. The van der Waals surface area contributed by atoms with Crippen molar-refractivity contribution < 1.29 is 9.59 Å². The number of hydrogen-bond acceptors (Lipinski definition) is 3. The molecule has 0 spiro atoms. The van der Waals surface area contributed by atoms with Crippen LogP contribution in [0.4, 0.5) is 4.79 Å². The molecule has 1 heterocycles. The summed E-state index contributed by atoms with van der Waals surface area (Å²) in [6.07, 6.45) is 0. The van der Waals surface area contributed by atoms with Gasteiger partial charge in [0.15, 0.2) is 0 Å². The van der Waals surface area contributed by atoms with Gasteiger partial charge in [-0.1, -0.05) is 6.07 Å². The van der Waals surface area contributed by atoms with Gasteiger partial charge in [-0.05, 0) is 19.1 Å². The third-order valence-corrected chi connectivity index (χ3v) is 2.30. The number of rotatable bonds is 3. The van der Waals surface area contributed by atoms with Crippen LogP contribution < -0.4 is 5.32 Å². The third-order valence-electron chi connectivity index (χ3n) is 2.06. The monoisotopic (exact) mass is 255 g/mol. The molecule has 1 aromatic heterocycles. The van der Waals surface area contributed by atoms with Crippen LogP contribution in [0.15, 0.2) is 18.2 Å². The van der Waals surface area contributed by atoms with Crippen molar-refractivity contribution in [2.24, 2.45) is 0 Å². The molecular formula is C11H14ClN3O2. The Morgan fingerprint density at radius 2 is 2.18 bits per heavy atom. The summed E-state index contributed by atoms with van der Waals surface area (Å²) in [7, 11) is 1.58. The molecule has 3 amide bonds. The van der Waals surface area contributed by atoms with Crippen molar-refractivity contribution in [2.45, 2.75) is 13.5 Å². The Hall–Kier alpha value is -1.62. The van der Waals surface area contributed by atoms with Gasteiger partial charge in [-0.2, -0.15) is 0 Å². The normalized spacial score (nSPS) is 9.82. The van der Waals surface area contributed by atoms with Gasteiger partial charge in [-0.3, -0.25) is 15.1 Å². The molecule has 1 N–H and O–H groups in total. The lowest BCUT2D eigenvalue weighted by Crippen LogP contribution is -2.41. The van der Waals surface area contributed by atoms with Gasteiger partial charge in [0.2, 0.25) is 5.91 Å². The summed E-state index contributed by atoms with van der Waals surface area (Å²) >= 11 is 5.29. The van der Waals surface area contributed by atoms with E-state index in [9.17, 15) is 9.59 Å². The maximum absolute atomic E-state index is 11.5. The van der Waals surface area contributed by atoms with Crippen molar-refractivity contribution in [2.75, 3.05) is 12.9 Å². The maximum Gasteiger partial charge on any atom is 0.324 e. The summed E-state index contributed by atoms with van der Waals surface area (Å²) in [6, 6.07) is 5.08. The fourth-order valence-corrected chi connectivity index (χ4v) is 1.32. The molecule has 0 saturated carbocycles. The Morgan fingerprint density at radius 3 is 2.76 bits per heavy atom. The highest BCUT2D eigenvalue weighted by Gasteiger charge is 2.12. The summed E-state index contributed by atoms with van der Waals surface area (Å²) in [6.45, 7) is 2.21. The van der Waals surface area contributed by atoms with E-state index in [-0.39, 0.29) is 5.88 Å². The summed E-state index contributed by atoms with van der Waals surface area (Å²) in [4.78, 5) is 28.1. The van der Waals surface area contributed by atoms with Gasteiger partial charge in [-0.15, -0.1) is 11.6 Å². The number of nitrogens with one attached hydrogen (secondary N) is 1. The predicted octanol–water partition coefficient (Wildman–Crippen LogP) is 1.30. The summed E-state index contributed by atoms with van der Waals surface area (Å²) in [5.74, 6) is -0.747. The Balaban J connectivity index is 2.57. The zero-order chi connectivity index (χ0) is 12.8. The number of aryl methyl sites for hydroxylation is 1. The maximum atomic E-state index is 11.5. The molecule has 0 fully saturated rings. The second-order valence-electron chi connectivity index (χ2n) is 3.61. The molecule has 92 valence electrons. The van der Waals surface area contributed by atoms with Gasteiger partial charge < -0.3 is 4.90 Å². The Bertz CT molecular complexity index is 423. The van der Waals surface area contributed by atoms with Crippen molar-refractivity contribution in [1.29, 1.82) is 0 Å². The second kappa shape index (κ2) is 6.20. The lowest BCUT2D eigenvalue weighted by molar-refractivity contribution is -0.117. The van der Waals surface area contributed by atoms with Crippen LogP contribution in [0.3, 0.4) is 0 Å². The molecule has 0 atom stereocenters. The highest BCUT2D eigenvalue weighted by molar-refractivity contribution is 6.28. The lowest BCUT2D eigenvalue weighted by Gasteiger charge is -2.16. The standard InChI is InChI=1S/C11H14ClN3O2/c1-8-4-3-5-9(13-8)7-15(2)11(17)14-10(16)6-12/h3-5H,6-7H2,1-2H3,(H,14,16,17). The first kappa shape index (κ1) is 13.4.